The molecule has 1 N–H and O–H groups in total. The highest BCUT2D eigenvalue weighted by Gasteiger charge is 2.33. The summed E-state index contributed by atoms with van der Waals surface area (Å²) in [6.45, 7) is 3.91. The summed E-state index contributed by atoms with van der Waals surface area (Å²) in [5, 5.41) is 2.82. The molecule has 0 saturated carbocycles. The largest absolute Gasteiger partial charge is 0.341 e. The van der Waals surface area contributed by atoms with Crippen LogP contribution < -0.4 is 5.32 Å². The van der Waals surface area contributed by atoms with Gasteiger partial charge in [-0.15, -0.1) is 0 Å². The van der Waals surface area contributed by atoms with E-state index in [0.717, 1.165) is 23.2 Å². The maximum atomic E-state index is 12.3. The fourth-order valence-corrected chi connectivity index (χ4v) is 4.71. The highest BCUT2D eigenvalue weighted by atomic mass is 32.2. The zero-order valence-electron chi connectivity index (χ0n) is 14.3. The van der Waals surface area contributed by atoms with Gasteiger partial charge in [-0.1, -0.05) is 25.1 Å². The van der Waals surface area contributed by atoms with Gasteiger partial charge in [-0.05, 0) is 30.9 Å². The smallest absolute Gasteiger partial charge is 0.233 e. The average molecular weight is 352 g/mol. The van der Waals surface area contributed by atoms with Crippen molar-refractivity contribution in [3.05, 3.63) is 29.3 Å². The Hall–Kier alpha value is -1.89. The van der Waals surface area contributed by atoms with Crippen LogP contribution in [0.1, 0.15) is 30.9 Å². The number of sulfone groups is 1. The molecule has 1 aromatic carbocycles. The molecule has 1 aliphatic rings. The molecular formula is C17H24N2O4S. The molecule has 1 aromatic rings. The number of hydrogen-bond donors (Lipinski definition) is 1. The molecular weight excluding hydrogens is 328 g/mol. The Morgan fingerprint density at radius 2 is 2.04 bits per heavy atom. The molecule has 1 atom stereocenters. The van der Waals surface area contributed by atoms with Crippen molar-refractivity contribution in [3.63, 3.8) is 0 Å². The molecule has 2 rings (SSSR count). The Bertz CT molecular complexity index is 743. The number of hydrogen-bond acceptors (Lipinski definition) is 4. The van der Waals surface area contributed by atoms with Crippen LogP contribution in [0.15, 0.2) is 18.2 Å². The van der Waals surface area contributed by atoms with E-state index in [-0.39, 0.29) is 35.8 Å². The van der Waals surface area contributed by atoms with E-state index in [9.17, 15) is 18.0 Å². The summed E-state index contributed by atoms with van der Waals surface area (Å²) in [5.74, 6) is -0.655. The van der Waals surface area contributed by atoms with Gasteiger partial charge < -0.3 is 10.2 Å². The summed E-state index contributed by atoms with van der Waals surface area (Å²) in [4.78, 5) is 25.9. The molecule has 0 spiro atoms. The van der Waals surface area contributed by atoms with E-state index in [1.54, 1.807) is 7.05 Å². The number of aryl methyl sites for hydroxylation is 2. The molecule has 0 bridgehead atoms. The third-order valence-electron chi connectivity index (χ3n) is 4.47. The fourth-order valence-electron chi connectivity index (χ4n) is 2.93. The SMILES string of the molecule is CCc1cccc(C)c1NC(=O)CC(=O)N(C)C1CCS(=O)(=O)C1. The van der Waals surface area contributed by atoms with Crippen molar-refractivity contribution in [1.82, 2.24) is 4.90 Å². The molecule has 132 valence electrons. The number of anilines is 1. The van der Waals surface area contributed by atoms with Gasteiger partial charge >= 0.3 is 0 Å². The summed E-state index contributed by atoms with van der Waals surface area (Å²) in [5.41, 5.74) is 2.72. The van der Waals surface area contributed by atoms with Crippen LogP contribution >= 0.6 is 0 Å². The van der Waals surface area contributed by atoms with Gasteiger partial charge in [0.25, 0.3) is 0 Å². The van der Waals surface area contributed by atoms with Crippen molar-refractivity contribution in [3.8, 4) is 0 Å². The van der Waals surface area contributed by atoms with Crippen molar-refractivity contribution in [1.29, 1.82) is 0 Å². The molecule has 1 unspecified atom stereocenters. The van der Waals surface area contributed by atoms with Crippen molar-refractivity contribution in [2.45, 2.75) is 39.2 Å². The number of carbonyl (C=O) groups is 2. The third kappa shape index (κ3) is 4.35. The standard InChI is InChI=1S/C17H24N2O4S/c1-4-13-7-5-6-12(2)17(13)18-15(20)10-16(21)19(3)14-8-9-24(22,23)11-14/h5-7,14H,4,8-11H2,1-3H3,(H,18,20). The highest BCUT2D eigenvalue weighted by Crippen LogP contribution is 2.22. The van der Waals surface area contributed by atoms with Crippen LogP contribution in [0.25, 0.3) is 0 Å². The van der Waals surface area contributed by atoms with Crippen LogP contribution in [0.4, 0.5) is 5.69 Å². The Kier molecular flexibility index (Phi) is 5.64. The maximum Gasteiger partial charge on any atom is 0.233 e. The molecule has 1 heterocycles. The molecule has 0 aliphatic carbocycles. The number of rotatable bonds is 5. The molecule has 2 amide bonds. The minimum atomic E-state index is -3.06. The third-order valence-corrected chi connectivity index (χ3v) is 6.22. The zero-order valence-corrected chi connectivity index (χ0v) is 15.1. The summed E-state index contributed by atoms with van der Waals surface area (Å²) < 4.78 is 23.0. The van der Waals surface area contributed by atoms with Gasteiger partial charge in [0, 0.05) is 18.8 Å². The van der Waals surface area contributed by atoms with Crippen molar-refractivity contribution < 1.29 is 18.0 Å². The first-order chi connectivity index (χ1) is 11.2. The van der Waals surface area contributed by atoms with Crippen LogP contribution in [0.2, 0.25) is 0 Å². The highest BCUT2D eigenvalue weighted by molar-refractivity contribution is 7.91. The summed E-state index contributed by atoms with van der Waals surface area (Å²) in [6, 6.07) is 5.45. The Labute approximate surface area is 143 Å². The Morgan fingerprint density at radius 3 is 2.62 bits per heavy atom. The van der Waals surface area contributed by atoms with E-state index >= 15 is 0 Å². The predicted molar refractivity (Wildman–Crippen MR) is 93.6 cm³/mol. The first-order valence-corrected chi connectivity index (χ1v) is 9.90. The lowest BCUT2D eigenvalue weighted by atomic mass is 10.1. The van der Waals surface area contributed by atoms with Gasteiger partial charge in [0.2, 0.25) is 11.8 Å². The van der Waals surface area contributed by atoms with E-state index in [1.807, 2.05) is 32.0 Å². The van der Waals surface area contributed by atoms with Gasteiger partial charge in [0.05, 0.1) is 11.5 Å². The van der Waals surface area contributed by atoms with Crippen LogP contribution in [-0.2, 0) is 25.8 Å². The minimum Gasteiger partial charge on any atom is -0.341 e. The van der Waals surface area contributed by atoms with Gasteiger partial charge in [0.15, 0.2) is 9.84 Å². The number of carbonyl (C=O) groups excluding carboxylic acids is 2. The zero-order chi connectivity index (χ0) is 17.9. The number of para-hydroxylation sites is 1. The maximum absolute atomic E-state index is 12.3. The van der Waals surface area contributed by atoms with E-state index in [1.165, 1.54) is 4.90 Å². The van der Waals surface area contributed by atoms with Gasteiger partial charge in [-0.2, -0.15) is 0 Å². The topological polar surface area (TPSA) is 83.6 Å². The summed E-state index contributed by atoms with van der Waals surface area (Å²) in [6.07, 6.45) is 0.930. The fraction of sp³-hybridized carbons (Fsp3) is 0.529. The van der Waals surface area contributed by atoms with Crippen LogP contribution in [0.5, 0.6) is 0 Å². The quantitative estimate of drug-likeness (QED) is 0.815. The minimum absolute atomic E-state index is 0.0192. The summed E-state index contributed by atoms with van der Waals surface area (Å²) >= 11 is 0. The molecule has 1 fully saturated rings. The van der Waals surface area contributed by atoms with Crippen LogP contribution in [0.3, 0.4) is 0 Å². The van der Waals surface area contributed by atoms with Crippen molar-refractivity contribution in [2.24, 2.45) is 0 Å². The second kappa shape index (κ2) is 7.34. The summed E-state index contributed by atoms with van der Waals surface area (Å²) in [7, 11) is -1.50. The van der Waals surface area contributed by atoms with Gasteiger partial charge in [0.1, 0.15) is 6.42 Å². The average Bonchev–Trinajstić information content (AvgIpc) is 2.88. The van der Waals surface area contributed by atoms with E-state index < -0.39 is 9.84 Å². The predicted octanol–water partition coefficient (Wildman–Crippen LogP) is 1.53. The Morgan fingerprint density at radius 1 is 1.33 bits per heavy atom. The molecule has 24 heavy (non-hydrogen) atoms. The number of nitrogens with zero attached hydrogens (tertiary/aromatic N) is 1. The first-order valence-electron chi connectivity index (χ1n) is 8.08. The molecule has 0 aromatic heterocycles. The second-order valence-corrected chi connectivity index (χ2v) is 8.48. The van der Waals surface area contributed by atoms with Gasteiger partial charge in [-0.3, -0.25) is 9.59 Å². The van der Waals surface area contributed by atoms with Crippen LogP contribution in [-0.4, -0.2) is 49.7 Å². The van der Waals surface area contributed by atoms with Crippen molar-refractivity contribution >= 4 is 27.3 Å². The Balaban J connectivity index is 1.99. The van der Waals surface area contributed by atoms with E-state index in [0.29, 0.717) is 6.42 Å². The van der Waals surface area contributed by atoms with Gasteiger partial charge in [-0.25, -0.2) is 8.42 Å². The van der Waals surface area contributed by atoms with E-state index in [2.05, 4.69) is 5.32 Å². The number of nitrogens with one attached hydrogen (secondary N) is 1. The lowest BCUT2D eigenvalue weighted by molar-refractivity contribution is -0.134. The van der Waals surface area contributed by atoms with E-state index in [4.69, 9.17) is 0 Å². The van der Waals surface area contributed by atoms with Crippen molar-refractivity contribution in [2.75, 3.05) is 23.9 Å². The monoisotopic (exact) mass is 352 g/mol. The number of amides is 2. The first kappa shape index (κ1) is 18.4. The van der Waals surface area contributed by atoms with Crippen LogP contribution in [0, 0.1) is 6.92 Å². The lowest BCUT2D eigenvalue weighted by Crippen LogP contribution is -2.39. The lowest BCUT2D eigenvalue weighted by Gasteiger charge is -2.23. The second-order valence-electron chi connectivity index (χ2n) is 6.25. The molecule has 1 aliphatic heterocycles. The number of benzene rings is 1. The molecule has 7 heteroatoms. The molecule has 6 nitrogen and oxygen atoms in total. The molecule has 0 radical (unpaired) electrons. The molecule has 1 saturated heterocycles. The normalized spacial score (nSPS) is 19.0.